The van der Waals surface area contributed by atoms with Crippen LogP contribution in [0.2, 0.25) is 0 Å². The van der Waals surface area contributed by atoms with Gasteiger partial charge < -0.3 is 4.42 Å². The summed E-state index contributed by atoms with van der Waals surface area (Å²) in [5, 5.41) is 13.9. The highest BCUT2D eigenvalue weighted by Crippen LogP contribution is 2.25. The molecule has 2 heterocycles. The normalized spacial score (nSPS) is 12.3. The van der Waals surface area contributed by atoms with Gasteiger partial charge in [-0.1, -0.05) is 54.7 Å². The number of aromatic nitrogens is 3. The van der Waals surface area contributed by atoms with Crippen molar-refractivity contribution in [1.29, 1.82) is 0 Å². The molecule has 0 aliphatic rings. The number of benzene rings is 1. The number of thioether (sulfide) groups is 1. The Hall–Kier alpha value is -2.46. The second-order valence-electron chi connectivity index (χ2n) is 5.51. The fourth-order valence-corrected chi connectivity index (χ4v) is 3.54. The molecule has 0 aliphatic heterocycles. The van der Waals surface area contributed by atoms with Crippen LogP contribution in [0.1, 0.15) is 17.1 Å². The van der Waals surface area contributed by atoms with E-state index in [-0.39, 0.29) is 0 Å². The molecule has 6 nitrogen and oxygen atoms in total. The summed E-state index contributed by atoms with van der Waals surface area (Å²) in [5.41, 5.74) is 1.97. The van der Waals surface area contributed by atoms with E-state index in [1.165, 1.54) is 5.56 Å². The smallest absolute Gasteiger partial charge is 0.212 e. The number of allylic oxidation sites excluding steroid dienone is 3. The Balaban J connectivity index is 1.94. The molecule has 3 rings (SSSR count). The molecule has 2 aromatic heterocycles. The summed E-state index contributed by atoms with van der Waals surface area (Å²) in [5.74, 6) is 2.00. The Morgan fingerprint density at radius 3 is 2.75 bits per heavy atom. The SMILES string of the molecule is C=C/C(=C\C=N/C)c1nnc(SCc2ccccc2)n1/N=C/c1ccc(I)o1. The van der Waals surface area contributed by atoms with E-state index in [0.717, 1.165) is 15.1 Å². The Labute approximate surface area is 181 Å². The van der Waals surface area contributed by atoms with Crippen molar-refractivity contribution in [2.75, 3.05) is 7.05 Å². The van der Waals surface area contributed by atoms with Crippen LogP contribution < -0.4 is 0 Å². The summed E-state index contributed by atoms with van der Waals surface area (Å²) in [6, 6.07) is 13.9. The van der Waals surface area contributed by atoms with Crippen LogP contribution in [0.5, 0.6) is 0 Å². The third kappa shape index (κ3) is 5.29. The van der Waals surface area contributed by atoms with Gasteiger partial charge in [-0.05, 0) is 46.4 Å². The molecule has 0 amide bonds. The Kier molecular flexibility index (Phi) is 7.38. The van der Waals surface area contributed by atoms with E-state index < -0.39 is 0 Å². The molecule has 0 N–H and O–H groups in total. The molecule has 0 fully saturated rings. The van der Waals surface area contributed by atoms with Gasteiger partial charge in [0.2, 0.25) is 5.16 Å². The van der Waals surface area contributed by atoms with Crippen molar-refractivity contribution >= 4 is 52.4 Å². The van der Waals surface area contributed by atoms with E-state index in [1.54, 1.807) is 42.0 Å². The second-order valence-corrected chi connectivity index (χ2v) is 7.52. The van der Waals surface area contributed by atoms with Crippen LogP contribution in [0.4, 0.5) is 0 Å². The number of aliphatic imine (C=N–C) groups is 1. The number of halogens is 1. The van der Waals surface area contributed by atoms with Gasteiger partial charge in [-0.25, -0.2) is 0 Å². The van der Waals surface area contributed by atoms with E-state index >= 15 is 0 Å². The van der Waals surface area contributed by atoms with Crippen LogP contribution >= 0.6 is 34.4 Å². The first-order chi connectivity index (χ1) is 13.7. The van der Waals surface area contributed by atoms with Crippen LogP contribution in [-0.4, -0.2) is 34.4 Å². The molecule has 0 spiro atoms. The standard InChI is InChI=1S/C20H18IN5OS/c1-3-16(11-12-22-2)19-24-25-20(28-14-15-7-5-4-6-8-15)26(19)23-13-17-9-10-18(21)27-17/h3-13H,1,14H2,2H3/b16-11+,22-12-,23-13+. The Morgan fingerprint density at radius 1 is 1.25 bits per heavy atom. The highest BCUT2D eigenvalue weighted by atomic mass is 127. The lowest BCUT2D eigenvalue weighted by Crippen LogP contribution is -1.99. The van der Waals surface area contributed by atoms with Crippen molar-refractivity contribution in [3.8, 4) is 0 Å². The summed E-state index contributed by atoms with van der Waals surface area (Å²) in [6.07, 6.45) is 6.87. The maximum atomic E-state index is 5.56. The first-order valence-electron chi connectivity index (χ1n) is 8.38. The zero-order valence-corrected chi connectivity index (χ0v) is 18.2. The molecule has 0 radical (unpaired) electrons. The first kappa shape index (κ1) is 20.3. The second kappa shape index (κ2) is 10.2. The average Bonchev–Trinajstić information content (AvgIpc) is 3.32. The number of hydrogen-bond donors (Lipinski definition) is 0. The lowest BCUT2D eigenvalue weighted by molar-refractivity contribution is 0.530. The monoisotopic (exact) mass is 503 g/mol. The van der Waals surface area contributed by atoms with E-state index in [2.05, 4.69) is 61.6 Å². The van der Waals surface area contributed by atoms with E-state index in [4.69, 9.17) is 4.42 Å². The first-order valence-corrected chi connectivity index (χ1v) is 10.4. The fourth-order valence-electron chi connectivity index (χ4n) is 2.26. The molecule has 8 heteroatoms. The van der Waals surface area contributed by atoms with Crippen molar-refractivity contribution < 1.29 is 4.42 Å². The summed E-state index contributed by atoms with van der Waals surface area (Å²) >= 11 is 3.68. The molecular formula is C20H18IN5OS. The van der Waals surface area contributed by atoms with Crippen molar-refractivity contribution in [1.82, 2.24) is 14.9 Å². The van der Waals surface area contributed by atoms with E-state index in [9.17, 15) is 0 Å². The van der Waals surface area contributed by atoms with E-state index in [0.29, 0.717) is 16.7 Å². The van der Waals surface area contributed by atoms with Crippen molar-refractivity contribution in [2.45, 2.75) is 10.9 Å². The van der Waals surface area contributed by atoms with Crippen LogP contribution in [0, 0.1) is 3.77 Å². The number of hydrogen-bond acceptors (Lipinski definition) is 6. The molecule has 0 saturated carbocycles. The van der Waals surface area contributed by atoms with Crippen LogP contribution in [0.3, 0.4) is 0 Å². The predicted molar refractivity (Wildman–Crippen MR) is 123 cm³/mol. The predicted octanol–water partition coefficient (Wildman–Crippen LogP) is 4.92. The molecular weight excluding hydrogens is 485 g/mol. The van der Waals surface area contributed by atoms with Gasteiger partial charge in [0.25, 0.3) is 0 Å². The van der Waals surface area contributed by atoms with Gasteiger partial charge >= 0.3 is 0 Å². The topological polar surface area (TPSA) is 68.6 Å². The zero-order valence-electron chi connectivity index (χ0n) is 15.2. The number of furan rings is 1. The van der Waals surface area contributed by atoms with Gasteiger partial charge in [-0.15, -0.1) is 10.2 Å². The van der Waals surface area contributed by atoms with Gasteiger partial charge in [0.15, 0.2) is 9.59 Å². The number of rotatable bonds is 8. The van der Waals surface area contributed by atoms with Crippen molar-refractivity contribution in [3.63, 3.8) is 0 Å². The maximum absolute atomic E-state index is 5.56. The third-order valence-electron chi connectivity index (χ3n) is 3.60. The van der Waals surface area contributed by atoms with Crippen LogP contribution in [0.15, 0.2) is 80.9 Å². The Morgan fingerprint density at radius 2 is 2.07 bits per heavy atom. The van der Waals surface area contributed by atoms with Crippen molar-refractivity contribution in [3.05, 3.63) is 82.1 Å². The average molecular weight is 503 g/mol. The molecule has 0 atom stereocenters. The van der Waals surface area contributed by atoms with Gasteiger partial charge in [0, 0.05) is 24.6 Å². The molecule has 0 unspecified atom stereocenters. The van der Waals surface area contributed by atoms with Crippen LogP contribution in [0.25, 0.3) is 5.57 Å². The van der Waals surface area contributed by atoms with Gasteiger partial charge in [0.1, 0.15) is 5.76 Å². The minimum Gasteiger partial charge on any atom is -0.449 e. The van der Waals surface area contributed by atoms with Gasteiger partial charge in [0.05, 0.1) is 6.21 Å². The van der Waals surface area contributed by atoms with Crippen molar-refractivity contribution in [2.24, 2.45) is 10.1 Å². The molecule has 0 aliphatic carbocycles. The molecule has 0 saturated heterocycles. The summed E-state index contributed by atoms with van der Waals surface area (Å²) in [4.78, 5) is 3.99. The molecule has 1 aromatic carbocycles. The Bertz CT molecular complexity index is 1020. The minimum absolute atomic E-state index is 0.586. The van der Waals surface area contributed by atoms with E-state index in [1.807, 2.05) is 36.4 Å². The molecule has 142 valence electrons. The number of nitrogens with zero attached hydrogens (tertiary/aromatic N) is 5. The maximum Gasteiger partial charge on any atom is 0.212 e. The van der Waals surface area contributed by atoms with Crippen LogP contribution in [-0.2, 0) is 5.75 Å². The van der Waals surface area contributed by atoms with Gasteiger partial charge in [-0.2, -0.15) is 9.78 Å². The lowest BCUT2D eigenvalue weighted by atomic mass is 10.2. The highest BCUT2D eigenvalue weighted by molar-refractivity contribution is 14.1. The third-order valence-corrected chi connectivity index (χ3v) is 5.17. The van der Waals surface area contributed by atoms with Gasteiger partial charge in [-0.3, -0.25) is 4.99 Å². The molecule has 3 aromatic rings. The largest absolute Gasteiger partial charge is 0.449 e. The fraction of sp³-hybridized carbons (Fsp3) is 0.100. The lowest BCUT2D eigenvalue weighted by Gasteiger charge is -2.04. The highest BCUT2D eigenvalue weighted by Gasteiger charge is 2.14. The summed E-state index contributed by atoms with van der Waals surface area (Å²) < 4.78 is 8.06. The molecule has 28 heavy (non-hydrogen) atoms. The summed E-state index contributed by atoms with van der Waals surface area (Å²) in [6.45, 7) is 3.87. The minimum atomic E-state index is 0.586. The quantitative estimate of drug-likeness (QED) is 0.190. The zero-order chi connectivity index (χ0) is 19.8. The molecule has 0 bridgehead atoms. The summed E-state index contributed by atoms with van der Waals surface area (Å²) in [7, 11) is 1.71.